The van der Waals surface area contributed by atoms with Gasteiger partial charge in [-0.1, -0.05) is 18.2 Å². The zero-order chi connectivity index (χ0) is 14.5. The Balaban J connectivity index is 2.55. The summed E-state index contributed by atoms with van der Waals surface area (Å²) < 4.78 is 4.86. The van der Waals surface area contributed by atoms with Crippen molar-refractivity contribution in [2.45, 2.75) is 6.92 Å². The van der Waals surface area contributed by atoms with E-state index in [4.69, 9.17) is 10.5 Å². The van der Waals surface area contributed by atoms with E-state index < -0.39 is 5.97 Å². The fourth-order valence-electron chi connectivity index (χ4n) is 1.90. The number of aromatic nitrogens is 1. The molecule has 0 aliphatic carbocycles. The van der Waals surface area contributed by atoms with Crippen molar-refractivity contribution in [1.29, 1.82) is 0 Å². The minimum absolute atomic E-state index is 0.0132. The molecule has 1 heterocycles. The van der Waals surface area contributed by atoms with Crippen LogP contribution >= 0.6 is 0 Å². The number of esters is 1. The Morgan fingerprint density at radius 2 is 2.25 bits per heavy atom. The summed E-state index contributed by atoms with van der Waals surface area (Å²) in [6, 6.07) is 5.39. The second kappa shape index (κ2) is 6.16. The third-order valence-corrected chi connectivity index (χ3v) is 2.85. The van der Waals surface area contributed by atoms with Crippen LogP contribution < -0.4 is 11.2 Å². The van der Waals surface area contributed by atoms with Crippen molar-refractivity contribution in [1.82, 2.24) is 4.98 Å². The largest absolute Gasteiger partial charge is 0.462 e. The molecule has 0 saturated carbocycles. The minimum Gasteiger partial charge on any atom is -0.462 e. The lowest BCUT2D eigenvalue weighted by Gasteiger charge is -2.04. The number of pyridine rings is 1. The van der Waals surface area contributed by atoms with Crippen LogP contribution in [0.5, 0.6) is 0 Å². The Hall–Kier alpha value is -2.40. The van der Waals surface area contributed by atoms with E-state index in [-0.39, 0.29) is 17.6 Å². The number of hydrogen-bond acceptors (Lipinski definition) is 4. The van der Waals surface area contributed by atoms with Crippen molar-refractivity contribution in [2.24, 2.45) is 5.73 Å². The molecule has 20 heavy (non-hydrogen) atoms. The van der Waals surface area contributed by atoms with Crippen LogP contribution in [0.3, 0.4) is 0 Å². The van der Waals surface area contributed by atoms with E-state index in [0.29, 0.717) is 17.4 Å². The van der Waals surface area contributed by atoms with Gasteiger partial charge in [-0.2, -0.15) is 0 Å². The average Bonchev–Trinajstić information content (AvgIpc) is 2.46. The van der Waals surface area contributed by atoms with Gasteiger partial charge < -0.3 is 15.5 Å². The molecule has 0 aliphatic heterocycles. The first-order valence-corrected chi connectivity index (χ1v) is 6.36. The molecule has 5 nitrogen and oxygen atoms in total. The molecule has 0 saturated heterocycles. The molecule has 2 aromatic rings. The second-order valence-corrected chi connectivity index (χ2v) is 4.20. The van der Waals surface area contributed by atoms with Gasteiger partial charge in [0.05, 0.1) is 6.61 Å². The van der Waals surface area contributed by atoms with Gasteiger partial charge in [-0.15, -0.1) is 0 Å². The van der Waals surface area contributed by atoms with Gasteiger partial charge in [0.25, 0.3) is 0 Å². The maximum Gasteiger partial charge on any atom is 0.343 e. The predicted molar refractivity (Wildman–Crippen MR) is 78.6 cm³/mol. The fraction of sp³-hybridized carbons (Fsp3) is 0.200. The van der Waals surface area contributed by atoms with Gasteiger partial charge in [-0.05, 0) is 24.6 Å². The van der Waals surface area contributed by atoms with Gasteiger partial charge in [-0.25, -0.2) is 4.79 Å². The minimum atomic E-state index is -0.612. The first kappa shape index (κ1) is 14.0. The SMILES string of the molecule is CCOC(=O)c1c[nH]c2ccc(C=CCN)cc2c1=O. The van der Waals surface area contributed by atoms with E-state index in [1.165, 1.54) is 6.20 Å². The Morgan fingerprint density at radius 3 is 2.95 bits per heavy atom. The number of rotatable bonds is 4. The smallest absolute Gasteiger partial charge is 0.343 e. The number of fused-ring (bicyclic) bond motifs is 1. The monoisotopic (exact) mass is 272 g/mol. The van der Waals surface area contributed by atoms with Crippen LogP contribution in [0, 0.1) is 0 Å². The van der Waals surface area contributed by atoms with Crippen LogP contribution in [0.25, 0.3) is 17.0 Å². The molecule has 104 valence electrons. The van der Waals surface area contributed by atoms with Crippen LogP contribution in [0.2, 0.25) is 0 Å². The van der Waals surface area contributed by atoms with E-state index in [0.717, 1.165) is 5.56 Å². The maximum atomic E-state index is 12.3. The lowest BCUT2D eigenvalue weighted by atomic mass is 10.1. The van der Waals surface area contributed by atoms with Crippen LogP contribution in [0.4, 0.5) is 0 Å². The number of benzene rings is 1. The van der Waals surface area contributed by atoms with E-state index >= 15 is 0 Å². The van der Waals surface area contributed by atoms with Crippen molar-refractivity contribution in [3.8, 4) is 0 Å². The van der Waals surface area contributed by atoms with Crippen LogP contribution in [0.1, 0.15) is 22.8 Å². The molecule has 0 aliphatic rings. The van der Waals surface area contributed by atoms with Crippen molar-refractivity contribution in [3.05, 3.63) is 51.8 Å². The molecule has 0 amide bonds. The first-order chi connectivity index (χ1) is 9.67. The van der Waals surface area contributed by atoms with E-state index in [2.05, 4.69) is 4.98 Å². The molecular formula is C15H16N2O3. The average molecular weight is 272 g/mol. The van der Waals surface area contributed by atoms with Gasteiger partial charge in [0.1, 0.15) is 5.56 Å². The van der Waals surface area contributed by atoms with Gasteiger partial charge in [-0.3, -0.25) is 4.79 Å². The van der Waals surface area contributed by atoms with Crippen LogP contribution in [-0.2, 0) is 4.74 Å². The Labute approximate surface area is 116 Å². The molecule has 0 radical (unpaired) electrons. The third-order valence-electron chi connectivity index (χ3n) is 2.85. The summed E-state index contributed by atoms with van der Waals surface area (Å²) in [6.45, 7) is 2.36. The molecule has 5 heteroatoms. The number of nitrogens with two attached hydrogens (primary N) is 1. The molecule has 0 bridgehead atoms. The van der Waals surface area contributed by atoms with Gasteiger partial charge in [0.2, 0.25) is 5.43 Å². The summed E-state index contributed by atoms with van der Waals surface area (Å²) in [6.07, 6.45) is 5.01. The molecule has 0 atom stereocenters. The summed E-state index contributed by atoms with van der Waals surface area (Å²) in [4.78, 5) is 26.9. The van der Waals surface area contributed by atoms with Gasteiger partial charge in [0, 0.05) is 23.6 Å². The quantitative estimate of drug-likeness (QED) is 0.829. The zero-order valence-electron chi connectivity index (χ0n) is 11.2. The summed E-state index contributed by atoms with van der Waals surface area (Å²) >= 11 is 0. The summed E-state index contributed by atoms with van der Waals surface area (Å²) in [5.41, 5.74) is 6.61. The van der Waals surface area contributed by atoms with E-state index in [1.54, 1.807) is 25.1 Å². The zero-order valence-corrected chi connectivity index (χ0v) is 11.2. The van der Waals surface area contributed by atoms with Crippen molar-refractivity contribution < 1.29 is 9.53 Å². The number of ether oxygens (including phenoxy) is 1. The lowest BCUT2D eigenvalue weighted by molar-refractivity contribution is 0.0524. The molecule has 0 unspecified atom stereocenters. The Kier molecular flexibility index (Phi) is 4.32. The first-order valence-electron chi connectivity index (χ1n) is 6.36. The number of aromatic amines is 1. The van der Waals surface area contributed by atoms with E-state index in [9.17, 15) is 9.59 Å². The van der Waals surface area contributed by atoms with Crippen LogP contribution in [0.15, 0.2) is 35.3 Å². The number of nitrogens with one attached hydrogen (secondary N) is 1. The highest BCUT2D eigenvalue weighted by atomic mass is 16.5. The fourth-order valence-corrected chi connectivity index (χ4v) is 1.90. The predicted octanol–water partition coefficient (Wildman–Crippen LogP) is 1.68. The number of hydrogen-bond donors (Lipinski definition) is 2. The topological polar surface area (TPSA) is 85.2 Å². The highest BCUT2D eigenvalue weighted by molar-refractivity contribution is 5.93. The number of carbonyl (C=O) groups is 1. The molecule has 0 spiro atoms. The Bertz CT molecular complexity index is 717. The standard InChI is InChI=1S/C15H16N2O3/c1-2-20-15(19)12-9-17-13-6-5-10(4-3-7-16)8-11(13)14(12)18/h3-6,8-9H,2,7,16H2,1H3,(H,17,18). The Morgan fingerprint density at radius 1 is 1.45 bits per heavy atom. The van der Waals surface area contributed by atoms with Crippen molar-refractivity contribution >= 4 is 22.9 Å². The molecule has 3 N–H and O–H groups in total. The van der Waals surface area contributed by atoms with Gasteiger partial charge >= 0.3 is 5.97 Å². The number of H-pyrrole nitrogens is 1. The van der Waals surface area contributed by atoms with Crippen LogP contribution in [-0.4, -0.2) is 24.1 Å². The molecule has 1 aromatic carbocycles. The normalized spacial score (nSPS) is 11.1. The molecule has 0 fully saturated rings. The highest BCUT2D eigenvalue weighted by Crippen LogP contribution is 2.13. The van der Waals surface area contributed by atoms with Crippen molar-refractivity contribution in [3.63, 3.8) is 0 Å². The third kappa shape index (κ3) is 2.78. The molecule has 2 rings (SSSR count). The maximum absolute atomic E-state index is 12.3. The summed E-state index contributed by atoms with van der Waals surface area (Å²) in [5.74, 6) is -0.612. The van der Waals surface area contributed by atoms with Crippen molar-refractivity contribution in [2.75, 3.05) is 13.2 Å². The number of carbonyl (C=O) groups excluding carboxylic acids is 1. The highest BCUT2D eigenvalue weighted by Gasteiger charge is 2.13. The second-order valence-electron chi connectivity index (χ2n) is 4.20. The molecular weight excluding hydrogens is 256 g/mol. The van der Waals surface area contributed by atoms with Gasteiger partial charge in [0.15, 0.2) is 0 Å². The van der Waals surface area contributed by atoms with E-state index in [1.807, 2.05) is 12.1 Å². The summed E-state index contributed by atoms with van der Waals surface area (Å²) in [5, 5.41) is 0.453. The molecule has 1 aromatic heterocycles. The lowest BCUT2D eigenvalue weighted by Crippen LogP contribution is -2.18. The summed E-state index contributed by atoms with van der Waals surface area (Å²) in [7, 11) is 0.